The van der Waals surface area contributed by atoms with Crippen LogP contribution in [0.4, 0.5) is 4.39 Å². The molecule has 0 aromatic heterocycles. The summed E-state index contributed by atoms with van der Waals surface area (Å²) in [6.45, 7) is 8.56. The van der Waals surface area contributed by atoms with Crippen LogP contribution in [-0.4, -0.2) is 25.8 Å². The van der Waals surface area contributed by atoms with Gasteiger partial charge in [0.25, 0.3) is 0 Å². The van der Waals surface area contributed by atoms with Crippen molar-refractivity contribution in [2.24, 2.45) is 0 Å². The van der Waals surface area contributed by atoms with Crippen molar-refractivity contribution in [3.8, 4) is 0 Å². The maximum Gasteiger partial charge on any atom is 0.123 e. The van der Waals surface area contributed by atoms with E-state index < -0.39 is 0 Å². The first-order valence-corrected chi connectivity index (χ1v) is 6.73. The molecule has 18 heavy (non-hydrogen) atoms. The number of benzene rings is 1. The van der Waals surface area contributed by atoms with Gasteiger partial charge in [-0.05, 0) is 49.6 Å². The average Bonchev–Trinajstić information content (AvgIpc) is 2.33. The van der Waals surface area contributed by atoms with Gasteiger partial charge in [0.15, 0.2) is 0 Å². The molecule has 0 saturated heterocycles. The third kappa shape index (κ3) is 5.15. The van der Waals surface area contributed by atoms with E-state index in [4.69, 9.17) is 4.74 Å². The second-order valence-corrected chi connectivity index (χ2v) is 4.60. The maximum absolute atomic E-state index is 13.0. The molecule has 1 unspecified atom stereocenters. The number of hydrogen-bond donors (Lipinski definition) is 1. The van der Waals surface area contributed by atoms with Crippen LogP contribution in [0.3, 0.4) is 0 Å². The van der Waals surface area contributed by atoms with E-state index in [0.29, 0.717) is 12.6 Å². The molecule has 1 aromatic carbocycles. The fourth-order valence-electron chi connectivity index (χ4n) is 2.00. The monoisotopic (exact) mass is 253 g/mol. The number of ether oxygens (including phenoxy) is 1. The third-order valence-corrected chi connectivity index (χ3v) is 2.93. The van der Waals surface area contributed by atoms with Crippen LogP contribution in [0.2, 0.25) is 0 Å². The number of nitrogens with one attached hydrogen (secondary N) is 1. The predicted octanol–water partition coefficient (Wildman–Crippen LogP) is 3.08. The zero-order valence-corrected chi connectivity index (χ0v) is 11.6. The first kappa shape index (κ1) is 15.1. The van der Waals surface area contributed by atoms with Crippen LogP contribution in [0.25, 0.3) is 0 Å². The highest BCUT2D eigenvalue weighted by Crippen LogP contribution is 2.12. The van der Waals surface area contributed by atoms with Crippen molar-refractivity contribution in [3.05, 3.63) is 35.1 Å². The Labute approximate surface area is 110 Å². The number of rotatable bonds is 8. The standard InChI is InChI=1S/C15H24FNO/c1-4-8-18-11-15(17-5-2)10-13-6-7-14(16)9-12(13)3/h6-7,9,15,17H,4-5,8,10-11H2,1-3H3. The highest BCUT2D eigenvalue weighted by molar-refractivity contribution is 5.27. The van der Waals surface area contributed by atoms with Crippen LogP contribution in [0, 0.1) is 12.7 Å². The van der Waals surface area contributed by atoms with Gasteiger partial charge in [-0.2, -0.15) is 0 Å². The fraction of sp³-hybridized carbons (Fsp3) is 0.600. The summed E-state index contributed by atoms with van der Waals surface area (Å²) < 4.78 is 18.6. The highest BCUT2D eigenvalue weighted by Gasteiger charge is 2.10. The second kappa shape index (κ2) is 8.22. The summed E-state index contributed by atoms with van der Waals surface area (Å²) in [5.41, 5.74) is 2.19. The molecule has 0 aliphatic rings. The molecule has 1 N–H and O–H groups in total. The molecule has 0 saturated carbocycles. The molecule has 1 atom stereocenters. The Bertz CT molecular complexity index is 354. The molecule has 0 amide bonds. The van der Waals surface area contributed by atoms with Gasteiger partial charge in [-0.1, -0.05) is 19.9 Å². The third-order valence-electron chi connectivity index (χ3n) is 2.93. The van der Waals surface area contributed by atoms with Gasteiger partial charge < -0.3 is 10.1 Å². The molecule has 1 aromatic rings. The van der Waals surface area contributed by atoms with Gasteiger partial charge in [0.1, 0.15) is 5.82 Å². The van der Waals surface area contributed by atoms with Crippen molar-refractivity contribution >= 4 is 0 Å². The van der Waals surface area contributed by atoms with Crippen LogP contribution in [0.5, 0.6) is 0 Å². The summed E-state index contributed by atoms with van der Waals surface area (Å²) in [5.74, 6) is -0.168. The van der Waals surface area contributed by atoms with Crippen LogP contribution in [-0.2, 0) is 11.2 Å². The van der Waals surface area contributed by atoms with Crippen molar-refractivity contribution in [2.45, 2.75) is 39.7 Å². The number of aryl methyl sites for hydroxylation is 1. The lowest BCUT2D eigenvalue weighted by atomic mass is 10.0. The minimum atomic E-state index is -0.168. The zero-order valence-electron chi connectivity index (χ0n) is 11.6. The van der Waals surface area contributed by atoms with Crippen molar-refractivity contribution in [2.75, 3.05) is 19.8 Å². The van der Waals surface area contributed by atoms with E-state index in [-0.39, 0.29) is 5.82 Å². The molecular formula is C15H24FNO. The van der Waals surface area contributed by atoms with Crippen LogP contribution in [0.15, 0.2) is 18.2 Å². The van der Waals surface area contributed by atoms with E-state index in [1.807, 2.05) is 13.0 Å². The van der Waals surface area contributed by atoms with Crippen molar-refractivity contribution in [1.29, 1.82) is 0 Å². The lowest BCUT2D eigenvalue weighted by Gasteiger charge is -2.19. The van der Waals surface area contributed by atoms with Crippen LogP contribution < -0.4 is 5.32 Å². The molecule has 0 heterocycles. The van der Waals surface area contributed by atoms with E-state index >= 15 is 0 Å². The molecule has 0 aliphatic carbocycles. The summed E-state index contributed by atoms with van der Waals surface area (Å²) in [7, 11) is 0. The number of halogens is 1. The number of likely N-dealkylation sites (N-methyl/N-ethyl adjacent to an activating group) is 1. The van der Waals surface area contributed by atoms with Crippen molar-refractivity contribution < 1.29 is 9.13 Å². The van der Waals surface area contributed by atoms with E-state index in [1.165, 1.54) is 11.6 Å². The second-order valence-electron chi connectivity index (χ2n) is 4.60. The summed E-state index contributed by atoms with van der Waals surface area (Å²) >= 11 is 0. The quantitative estimate of drug-likeness (QED) is 0.719. The molecule has 0 bridgehead atoms. The van der Waals surface area contributed by atoms with E-state index in [9.17, 15) is 4.39 Å². The van der Waals surface area contributed by atoms with Gasteiger partial charge in [0.05, 0.1) is 6.61 Å². The molecule has 0 radical (unpaired) electrons. The number of hydrogen-bond acceptors (Lipinski definition) is 2. The fourth-order valence-corrected chi connectivity index (χ4v) is 2.00. The van der Waals surface area contributed by atoms with Crippen LogP contribution in [0.1, 0.15) is 31.4 Å². The summed E-state index contributed by atoms with van der Waals surface area (Å²) in [5, 5.41) is 3.41. The van der Waals surface area contributed by atoms with Gasteiger partial charge >= 0.3 is 0 Å². The summed E-state index contributed by atoms with van der Waals surface area (Å²) in [6.07, 6.45) is 1.91. The van der Waals surface area contributed by atoms with E-state index in [0.717, 1.165) is 31.6 Å². The summed E-state index contributed by atoms with van der Waals surface area (Å²) in [4.78, 5) is 0. The molecular weight excluding hydrogens is 229 g/mol. The molecule has 0 spiro atoms. The zero-order chi connectivity index (χ0) is 13.4. The van der Waals surface area contributed by atoms with Gasteiger partial charge in [-0.3, -0.25) is 0 Å². The summed E-state index contributed by atoms with van der Waals surface area (Å²) in [6, 6.07) is 5.28. The SMILES string of the molecule is CCCOCC(Cc1ccc(F)cc1C)NCC. The first-order valence-electron chi connectivity index (χ1n) is 6.73. The first-order chi connectivity index (χ1) is 8.67. The van der Waals surface area contributed by atoms with Gasteiger partial charge in [-0.15, -0.1) is 0 Å². The maximum atomic E-state index is 13.0. The largest absolute Gasteiger partial charge is 0.380 e. The molecule has 1 rings (SSSR count). The lowest BCUT2D eigenvalue weighted by Crippen LogP contribution is -2.35. The Morgan fingerprint density at radius 3 is 2.72 bits per heavy atom. The van der Waals surface area contributed by atoms with Gasteiger partial charge in [-0.25, -0.2) is 4.39 Å². The van der Waals surface area contributed by atoms with Crippen molar-refractivity contribution in [3.63, 3.8) is 0 Å². The lowest BCUT2D eigenvalue weighted by molar-refractivity contribution is 0.112. The van der Waals surface area contributed by atoms with E-state index in [2.05, 4.69) is 19.2 Å². The Hall–Kier alpha value is -0.930. The highest BCUT2D eigenvalue weighted by atomic mass is 19.1. The Balaban J connectivity index is 2.58. The van der Waals surface area contributed by atoms with Crippen LogP contribution >= 0.6 is 0 Å². The smallest absolute Gasteiger partial charge is 0.123 e. The molecule has 3 heteroatoms. The molecule has 0 aliphatic heterocycles. The van der Waals surface area contributed by atoms with Gasteiger partial charge in [0, 0.05) is 12.6 Å². The average molecular weight is 253 g/mol. The molecule has 102 valence electrons. The normalized spacial score (nSPS) is 12.7. The Morgan fingerprint density at radius 1 is 1.33 bits per heavy atom. The minimum Gasteiger partial charge on any atom is -0.380 e. The topological polar surface area (TPSA) is 21.3 Å². The molecule has 2 nitrogen and oxygen atoms in total. The predicted molar refractivity (Wildman–Crippen MR) is 73.4 cm³/mol. The van der Waals surface area contributed by atoms with Crippen molar-refractivity contribution in [1.82, 2.24) is 5.32 Å². The van der Waals surface area contributed by atoms with Gasteiger partial charge in [0.2, 0.25) is 0 Å². The molecule has 0 fully saturated rings. The Kier molecular flexibility index (Phi) is 6.91. The van der Waals surface area contributed by atoms with E-state index in [1.54, 1.807) is 6.07 Å². The minimum absolute atomic E-state index is 0.168. The Morgan fingerprint density at radius 2 is 2.11 bits per heavy atom.